The fraction of sp³-hybridized carbons (Fsp3) is 0.111. The Balaban J connectivity index is 2.20. The van der Waals surface area contributed by atoms with E-state index in [9.17, 15) is 8.42 Å². The highest BCUT2D eigenvalue weighted by Crippen LogP contribution is 2.13. The van der Waals surface area contributed by atoms with Crippen molar-refractivity contribution < 1.29 is 13.0 Å². The fourth-order valence-electron chi connectivity index (χ4n) is 1.30. The lowest BCUT2D eigenvalue weighted by Gasteiger charge is -2.26. The van der Waals surface area contributed by atoms with E-state index >= 15 is 0 Å². The lowest BCUT2D eigenvalue weighted by Crippen LogP contribution is -2.44. The minimum absolute atomic E-state index is 0.625. The van der Waals surface area contributed by atoms with Crippen LogP contribution in [0.15, 0.2) is 40.3 Å². The maximum absolute atomic E-state index is 11.1. The van der Waals surface area contributed by atoms with Crippen LogP contribution in [-0.4, -0.2) is 36.2 Å². The van der Waals surface area contributed by atoms with Crippen molar-refractivity contribution in [2.75, 3.05) is 5.32 Å². The predicted octanol–water partition coefficient (Wildman–Crippen LogP) is 0.557. The van der Waals surface area contributed by atoms with Crippen molar-refractivity contribution in [3.8, 4) is 0 Å². The maximum atomic E-state index is 11.1. The number of aliphatic imine (C=N–C) groups is 2. The highest BCUT2D eigenvalue weighted by molar-refractivity contribution is 7.83. The number of nitrogens with one attached hydrogen (secondary N) is 1. The van der Waals surface area contributed by atoms with Gasteiger partial charge in [0.25, 0.3) is 0 Å². The molecule has 7 nitrogen and oxygen atoms in total. The van der Waals surface area contributed by atoms with Crippen LogP contribution in [0.4, 0.5) is 5.69 Å². The van der Waals surface area contributed by atoms with Crippen LogP contribution in [-0.2, 0) is 10.3 Å². The lowest BCUT2D eigenvalue weighted by molar-refractivity contribution is 0.394. The van der Waals surface area contributed by atoms with Crippen LogP contribution in [0.5, 0.6) is 0 Å². The van der Waals surface area contributed by atoms with Crippen molar-refractivity contribution in [3.05, 3.63) is 30.3 Å². The Labute approximate surface area is 98.4 Å². The molecule has 0 bridgehead atoms. The van der Waals surface area contributed by atoms with Crippen molar-refractivity contribution in [1.82, 2.24) is 4.31 Å². The molecule has 0 aliphatic carbocycles. The largest absolute Gasteiger partial charge is 0.363 e. The van der Waals surface area contributed by atoms with Gasteiger partial charge < -0.3 is 5.32 Å². The second-order valence-corrected chi connectivity index (χ2v) is 4.54. The van der Waals surface area contributed by atoms with Gasteiger partial charge in [-0.15, -0.1) is 0 Å². The zero-order chi connectivity index (χ0) is 12.3. The molecule has 90 valence electrons. The van der Waals surface area contributed by atoms with Gasteiger partial charge in [-0.1, -0.05) is 18.2 Å². The van der Waals surface area contributed by atoms with Gasteiger partial charge in [-0.2, -0.15) is 12.7 Å². The zero-order valence-electron chi connectivity index (χ0n) is 8.63. The van der Waals surface area contributed by atoms with Gasteiger partial charge in [0.2, 0.25) is 6.29 Å². The molecular formula is C9H10N4O3S. The second-order valence-electron chi connectivity index (χ2n) is 3.22. The van der Waals surface area contributed by atoms with Crippen LogP contribution in [0, 0.1) is 0 Å². The number of para-hydroxylation sites is 1. The first-order valence-corrected chi connectivity index (χ1v) is 6.09. The molecule has 0 fully saturated rings. The van der Waals surface area contributed by atoms with E-state index in [1.807, 2.05) is 6.07 Å². The standard InChI is InChI=1S/C9H10N4O3S/c14-17(15,16)13-7-10-6-11-9(13)12-8-4-2-1-3-5-8/h1-7,9,12H,(H,14,15,16). The van der Waals surface area contributed by atoms with Crippen LogP contribution in [0.1, 0.15) is 0 Å². The smallest absolute Gasteiger partial charge is 0.346 e. The summed E-state index contributed by atoms with van der Waals surface area (Å²) in [7, 11) is -4.39. The lowest BCUT2D eigenvalue weighted by atomic mass is 10.3. The summed E-state index contributed by atoms with van der Waals surface area (Å²) >= 11 is 0. The molecule has 2 N–H and O–H groups in total. The van der Waals surface area contributed by atoms with Crippen molar-refractivity contribution >= 4 is 28.7 Å². The number of nitrogens with zero attached hydrogens (tertiary/aromatic N) is 3. The third-order valence-corrected chi connectivity index (χ3v) is 2.86. The molecule has 1 aromatic rings. The molecule has 1 aliphatic heterocycles. The van der Waals surface area contributed by atoms with Gasteiger partial charge in [-0.05, 0) is 12.1 Å². The Morgan fingerprint density at radius 3 is 2.65 bits per heavy atom. The predicted molar refractivity (Wildman–Crippen MR) is 64.2 cm³/mol. The van der Waals surface area contributed by atoms with Gasteiger partial charge >= 0.3 is 10.3 Å². The Hall–Kier alpha value is -1.93. The normalized spacial score (nSPS) is 19.4. The summed E-state index contributed by atoms with van der Waals surface area (Å²) in [6.07, 6.45) is 1.26. The third kappa shape index (κ3) is 2.80. The van der Waals surface area contributed by atoms with Gasteiger partial charge in [0, 0.05) is 5.69 Å². The molecule has 0 aromatic heterocycles. The first-order chi connectivity index (χ1) is 8.07. The van der Waals surface area contributed by atoms with E-state index in [1.165, 1.54) is 6.34 Å². The summed E-state index contributed by atoms with van der Waals surface area (Å²) < 4.78 is 31.7. The number of hydrogen-bond acceptors (Lipinski definition) is 5. The summed E-state index contributed by atoms with van der Waals surface area (Å²) in [5.74, 6) is 0. The number of rotatable bonds is 3. The zero-order valence-corrected chi connectivity index (χ0v) is 9.45. The topological polar surface area (TPSA) is 94.4 Å². The molecule has 1 unspecified atom stereocenters. The quantitative estimate of drug-likeness (QED) is 0.770. The summed E-state index contributed by atoms with van der Waals surface area (Å²) in [5, 5.41) is 2.84. The Morgan fingerprint density at radius 1 is 1.29 bits per heavy atom. The van der Waals surface area contributed by atoms with E-state index in [2.05, 4.69) is 15.3 Å². The van der Waals surface area contributed by atoms with Crippen molar-refractivity contribution in [1.29, 1.82) is 0 Å². The molecule has 0 saturated carbocycles. The Kier molecular flexibility index (Phi) is 3.07. The Bertz CT molecular complexity index is 541. The van der Waals surface area contributed by atoms with Crippen molar-refractivity contribution in [2.24, 2.45) is 9.98 Å². The van der Waals surface area contributed by atoms with Crippen LogP contribution in [0.2, 0.25) is 0 Å². The van der Waals surface area contributed by atoms with Gasteiger partial charge in [-0.3, -0.25) is 4.55 Å². The highest BCUT2D eigenvalue weighted by atomic mass is 32.2. The molecule has 0 spiro atoms. The number of anilines is 1. The minimum atomic E-state index is -4.39. The van der Waals surface area contributed by atoms with Crippen LogP contribution in [0.25, 0.3) is 0 Å². The molecule has 1 aliphatic rings. The molecular weight excluding hydrogens is 244 g/mol. The molecule has 0 radical (unpaired) electrons. The van der Waals surface area contributed by atoms with Gasteiger partial charge in [0.1, 0.15) is 12.7 Å². The molecule has 1 atom stereocenters. The molecule has 2 rings (SSSR count). The first kappa shape index (κ1) is 11.6. The molecule has 0 saturated heterocycles. The third-order valence-electron chi connectivity index (χ3n) is 2.03. The fourth-order valence-corrected chi connectivity index (χ4v) is 1.83. The van der Waals surface area contributed by atoms with Gasteiger partial charge in [0.15, 0.2) is 0 Å². The summed E-state index contributed by atoms with van der Waals surface area (Å²) in [5.41, 5.74) is 0.679. The van der Waals surface area contributed by atoms with Crippen molar-refractivity contribution in [2.45, 2.75) is 6.29 Å². The van der Waals surface area contributed by atoms with E-state index in [0.717, 1.165) is 6.34 Å². The first-order valence-electron chi connectivity index (χ1n) is 4.70. The summed E-state index contributed by atoms with van der Waals surface area (Å²) in [4.78, 5) is 7.37. The van der Waals surface area contributed by atoms with E-state index in [1.54, 1.807) is 24.3 Å². The Morgan fingerprint density at radius 2 is 2.00 bits per heavy atom. The summed E-state index contributed by atoms with van der Waals surface area (Å²) in [6.45, 7) is 0. The van der Waals surface area contributed by atoms with E-state index < -0.39 is 16.6 Å². The molecule has 1 aromatic carbocycles. The van der Waals surface area contributed by atoms with E-state index in [-0.39, 0.29) is 0 Å². The van der Waals surface area contributed by atoms with Crippen molar-refractivity contribution in [3.63, 3.8) is 0 Å². The van der Waals surface area contributed by atoms with Gasteiger partial charge in [-0.25, -0.2) is 9.98 Å². The number of benzene rings is 1. The average molecular weight is 254 g/mol. The monoisotopic (exact) mass is 254 g/mol. The molecule has 8 heteroatoms. The van der Waals surface area contributed by atoms with Crippen LogP contribution >= 0.6 is 0 Å². The minimum Gasteiger partial charge on any atom is -0.346 e. The summed E-state index contributed by atoms with van der Waals surface area (Å²) in [6, 6.07) is 8.92. The van der Waals surface area contributed by atoms with Gasteiger partial charge in [0.05, 0.1) is 0 Å². The van der Waals surface area contributed by atoms with Crippen LogP contribution < -0.4 is 5.32 Å². The molecule has 0 amide bonds. The molecule has 17 heavy (non-hydrogen) atoms. The average Bonchev–Trinajstić information content (AvgIpc) is 2.30. The van der Waals surface area contributed by atoms with Crippen LogP contribution in [0.3, 0.4) is 0 Å². The number of hydrogen-bond donors (Lipinski definition) is 2. The van der Waals surface area contributed by atoms with E-state index in [0.29, 0.717) is 9.99 Å². The molecule has 1 heterocycles. The van der Waals surface area contributed by atoms with E-state index in [4.69, 9.17) is 4.55 Å². The maximum Gasteiger partial charge on any atom is 0.363 e. The second kappa shape index (κ2) is 4.52. The SMILES string of the molecule is O=S(=O)(O)N1C=NC=NC1Nc1ccccc1. The highest BCUT2D eigenvalue weighted by Gasteiger charge is 2.26.